The van der Waals surface area contributed by atoms with Crippen LogP contribution in [0.4, 0.5) is 0 Å². The van der Waals surface area contributed by atoms with Gasteiger partial charge in [-0.25, -0.2) is 9.97 Å². The zero-order valence-corrected chi connectivity index (χ0v) is 10.9. The summed E-state index contributed by atoms with van der Waals surface area (Å²) in [4.78, 5) is 8.85. The molecule has 1 aromatic heterocycles. The number of aromatic nitrogens is 2. The molecule has 1 aliphatic heterocycles. The second-order valence-electron chi connectivity index (χ2n) is 5.52. The summed E-state index contributed by atoms with van der Waals surface area (Å²) in [6, 6.07) is 0. The van der Waals surface area contributed by atoms with Crippen molar-refractivity contribution in [3.63, 3.8) is 0 Å². The van der Waals surface area contributed by atoms with Crippen LogP contribution in [0, 0.1) is 0 Å². The van der Waals surface area contributed by atoms with E-state index in [-0.39, 0.29) is 5.60 Å². The van der Waals surface area contributed by atoms with Crippen LogP contribution in [0.25, 0.3) is 0 Å². The van der Waals surface area contributed by atoms with E-state index in [4.69, 9.17) is 4.74 Å². The van der Waals surface area contributed by atoms with Crippen LogP contribution < -0.4 is 10.1 Å². The third-order valence-corrected chi connectivity index (χ3v) is 2.78. The maximum Gasteiger partial charge on any atom is 0.156 e. The number of hydrogen-bond donors (Lipinski definition) is 1. The Morgan fingerprint density at radius 3 is 2.29 bits per heavy atom. The normalized spacial score (nSPS) is 18.1. The molecule has 2 heterocycles. The Balaban J connectivity index is 2.02. The van der Waals surface area contributed by atoms with E-state index in [2.05, 4.69) is 15.3 Å². The number of nitrogens with one attached hydrogen (secondary N) is 1. The van der Waals surface area contributed by atoms with E-state index >= 15 is 0 Å². The molecule has 1 aromatic rings. The lowest BCUT2D eigenvalue weighted by atomic mass is 9.97. The lowest BCUT2D eigenvalue weighted by Crippen LogP contribution is -2.27. The Morgan fingerprint density at radius 2 is 1.76 bits per heavy atom. The van der Waals surface area contributed by atoms with Crippen LogP contribution in [0.3, 0.4) is 0 Å². The highest BCUT2D eigenvalue weighted by Crippen LogP contribution is 2.23. The fourth-order valence-electron chi connectivity index (χ4n) is 2.02. The summed E-state index contributed by atoms with van der Waals surface area (Å²) < 4.78 is 5.71. The molecule has 1 saturated heterocycles. The summed E-state index contributed by atoms with van der Waals surface area (Å²) in [7, 11) is 0. The monoisotopic (exact) mass is 235 g/mol. The van der Waals surface area contributed by atoms with Crippen molar-refractivity contribution in [3.8, 4) is 5.75 Å². The quantitative estimate of drug-likeness (QED) is 0.853. The topological polar surface area (TPSA) is 47.0 Å². The molecule has 0 aromatic carbocycles. The molecular formula is C13H21N3O. The number of piperidine rings is 1. The molecule has 0 amide bonds. The SMILES string of the molecule is CC(C)(C)Oc1cnc(C2CCNCC2)nc1. The first-order valence-corrected chi connectivity index (χ1v) is 6.26. The second-order valence-corrected chi connectivity index (χ2v) is 5.52. The van der Waals surface area contributed by atoms with Gasteiger partial charge in [-0.3, -0.25) is 0 Å². The fourth-order valence-corrected chi connectivity index (χ4v) is 2.02. The van der Waals surface area contributed by atoms with E-state index in [0.29, 0.717) is 5.92 Å². The molecular weight excluding hydrogens is 214 g/mol. The lowest BCUT2D eigenvalue weighted by Gasteiger charge is -2.23. The lowest BCUT2D eigenvalue weighted by molar-refractivity contribution is 0.129. The van der Waals surface area contributed by atoms with Crippen molar-refractivity contribution < 1.29 is 4.74 Å². The predicted molar refractivity (Wildman–Crippen MR) is 67.3 cm³/mol. The van der Waals surface area contributed by atoms with E-state index in [1.807, 2.05) is 20.8 Å². The van der Waals surface area contributed by atoms with Crippen molar-refractivity contribution in [2.24, 2.45) is 0 Å². The molecule has 2 rings (SSSR count). The van der Waals surface area contributed by atoms with E-state index in [1.165, 1.54) is 0 Å². The molecule has 4 nitrogen and oxygen atoms in total. The molecule has 1 aliphatic rings. The average molecular weight is 235 g/mol. The summed E-state index contributed by atoms with van der Waals surface area (Å²) in [6.07, 6.45) is 5.82. The largest absolute Gasteiger partial charge is 0.485 e. The second kappa shape index (κ2) is 5.00. The highest BCUT2D eigenvalue weighted by Gasteiger charge is 2.18. The van der Waals surface area contributed by atoms with Gasteiger partial charge in [-0.05, 0) is 46.7 Å². The number of hydrogen-bond acceptors (Lipinski definition) is 4. The van der Waals surface area contributed by atoms with Crippen molar-refractivity contribution in [1.82, 2.24) is 15.3 Å². The van der Waals surface area contributed by atoms with Gasteiger partial charge in [0.1, 0.15) is 11.4 Å². The van der Waals surface area contributed by atoms with Gasteiger partial charge in [0.2, 0.25) is 0 Å². The fraction of sp³-hybridized carbons (Fsp3) is 0.692. The first-order chi connectivity index (χ1) is 8.04. The third-order valence-electron chi connectivity index (χ3n) is 2.78. The first-order valence-electron chi connectivity index (χ1n) is 6.26. The van der Waals surface area contributed by atoms with Crippen LogP contribution in [0.15, 0.2) is 12.4 Å². The van der Waals surface area contributed by atoms with Gasteiger partial charge in [0.05, 0.1) is 12.4 Å². The molecule has 0 spiro atoms. The number of nitrogens with zero attached hydrogens (tertiary/aromatic N) is 2. The van der Waals surface area contributed by atoms with Crippen molar-refractivity contribution in [2.75, 3.05) is 13.1 Å². The van der Waals surface area contributed by atoms with Gasteiger partial charge in [0.15, 0.2) is 5.75 Å². The maximum atomic E-state index is 5.71. The maximum absolute atomic E-state index is 5.71. The van der Waals surface area contributed by atoms with E-state index in [0.717, 1.165) is 37.5 Å². The third kappa shape index (κ3) is 3.66. The minimum atomic E-state index is -0.195. The van der Waals surface area contributed by atoms with Gasteiger partial charge in [-0.1, -0.05) is 0 Å². The van der Waals surface area contributed by atoms with Crippen LogP contribution in [0.2, 0.25) is 0 Å². The molecule has 1 N–H and O–H groups in total. The Morgan fingerprint density at radius 1 is 1.18 bits per heavy atom. The molecule has 0 unspecified atom stereocenters. The van der Waals surface area contributed by atoms with Crippen LogP contribution >= 0.6 is 0 Å². The molecule has 0 radical (unpaired) electrons. The number of ether oxygens (including phenoxy) is 1. The summed E-state index contributed by atoms with van der Waals surface area (Å²) in [5.74, 6) is 2.20. The molecule has 0 atom stereocenters. The predicted octanol–water partition coefficient (Wildman–Crippen LogP) is 2.12. The van der Waals surface area contributed by atoms with E-state index in [9.17, 15) is 0 Å². The Hall–Kier alpha value is -1.16. The summed E-state index contributed by atoms with van der Waals surface area (Å²) in [5, 5.41) is 3.35. The zero-order valence-electron chi connectivity index (χ0n) is 10.9. The van der Waals surface area contributed by atoms with Gasteiger partial charge in [0.25, 0.3) is 0 Å². The molecule has 4 heteroatoms. The van der Waals surface area contributed by atoms with Crippen molar-refractivity contribution in [2.45, 2.75) is 45.1 Å². The van der Waals surface area contributed by atoms with Crippen LogP contribution in [0.5, 0.6) is 5.75 Å². The van der Waals surface area contributed by atoms with Crippen molar-refractivity contribution in [3.05, 3.63) is 18.2 Å². The van der Waals surface area contributed by atoms with Gasteiger partial charge >= 0.3 is 0 Å². The van der Waals surface area contributed by atoms with Gasteiger partial charge < -0.3 is 10.1 Å². The standard InChI is InChI=1S/C13H21N3O/c1-13(2,3)17-11-8-15-12(16-9-11)10-4-6-14-7-5-10/h8-10,14H,4-7H2,1-3H3. The van der Waals surface area contributed by atoms with Crippen molar-refractivity contribution in [1.29, 1.82) is 0 Å². The minimum Gasteiger partial charge on any atom is -0.485 e. The van der Waals surface area contributed by atoms with Gasteiger partial charge in [-0.2, -0.15) is 0 Å². The van der Waals surface area contributed by atoms with E-state index in [1.54, 1.807) is 12.4 Å². The molecule has 94 valence electrons. The average Bonchev–Trinajstić information content (AvgIpc) is 2.29. The molecule has 0 bridgehead atoms. The first kappa shape index (κ1) is 12.3. The van der Waals surface area contributed by atoms with E-state index < -0.39 is 0 Å². The van der Waals surface area contributed by atoms with Gasteiger partial charge in [0, 0.05) is 5.92 Å². The van der Waals surface area contributed by atoms with Crippen LogP contribution in [-0.4, -0.2) is 28.7 Å². The van der Waals surface area contributed by atoms with Gasteiger partial charge in [-0.15, -0.1) is 0 Å². The summed E-state index contributed by atoms with van der Waals surface area (Å²) >= 11 is 0. The van der Waals surface area contributed by atoms with Crippen LogP contribution in [-0.2, 0) is 0 Å². The van der Waals surface area contributed by atoms with Crippen molar-refractivity contribution >= 4 is 0 Å². The smallest absolute Gasteiger partial charge is 0.156 e. The molecule has 1 fully saturated rings. The summed E-state index contributed by atoms with van der Waals surface area (Å²) in [6.45, 7) is 8.19. The molecule has 0 aliphatic carbocycles. The number of rotatable bonds is 2. The zero-order chi connectivity index (χ0) is 12.3. The molecule has 17 heavy (non-hydrogen) atoms. The van der Waals surface area contributed by atoms with Crippen LogP contribution in [0.1, 0.15) is 45.4 Å². The Bertz CT molecular complexity index is 350. The summed E-state index contributed by atoms with van der Waals surface area (Å²) in [5.41, 5.74) is -0.195. The Labute approximate surface area is 103 Å². The molecule has 0 saturated carbocycles. The Kier molecular flexibility index (Phi) is 3.62. The highest BCUT2D eigenvalue weighted by molar-refractivity contribution is 5.15. The highest BCUT2D eigenvalue weighted by atomic mass is 16.5. The minimum absolute atomic E-state index is 0.195.